The van der Waals surface area contributed by atoms with Gasteiger partial charge in [0.05, 0.1) is 50.6 Å². The van der Waals surface area contributed by atoms with Crippen molar-refractivity contribution in [3.8, 4) is 50.8 Å². The quantitative estimate of drug-likeness (QED) is 0.171. The van der Waals surface area contributed by atoms with Gasteiger partial charge in [0.25, 0.3) is 0 Å². The van der Waals surface area contributed by atoms with Gasteiger partial charge in [-0.15, -0.1) is 0 Å². The van der Waals surface area contributed by atoms with Crippen molar-refractivity contribution in [3.63, 3.8) is 0 Å². The Bertz CT molecular complexity index is 3390. The van der Waals surface area contributed by atoms with Crippen LogP contribution in [0.15, 0.2) is 158 Å². The number of nitriles is 1. The van der Waals surface area contributed by atoms with Crippen LogP contribution in [0.4, 0.5) is 13.2 Å². The third-order valence-corrected chi connectivity index (χ3v) is 11.7. The maximum atomic E-state index is 14.7. The molecule has 0 spiro atoms. The molecule has 10 rings (SSSR count). The number of rotatable bonds is 5. The minimum atomic E-state index is -4.64. The average molecular weight is 786 g/mol. The van der Waals surface area contributed by atoms with E-state index < -0.39 is 11.7 Å². The maximum absolute atomic E-state index is 14.7. The van der Waals surface area contributed by atoms with Gasteiger partial charge >= 0.3 is 6.18 Å². The molecule has 0 fully saturated rings. The molecule has 0 unspecified atom stereocenters. The average Bonchev–Trinajstić information content (AvgIpc) is 3.74. The normalized spacial score (nSPS) is 11.9. The Morgan fingerprint density at radius 2 is 0.850 bits per heavy atom. The van der Waals surface area contributed by atoms with Gasteiger partial charge < -0.3 is 9.13 Å². The zero-order valence-electron chi connectivity index (χ0n) is 33.5. The number of hydrogen-bond acceptors (Lipinski definition) is 1. The summed E-state index contributed by atoms with van der Waals surface area (Å²) in [6.45, 7) is 8.40. The molecule has 0 aliphatic heterocycles. The van der Waals surface area contributed by atoms with Crippen LogP contribution < -0.4 is 0 Å². The highest BCUT2D eigenvalue weighted by Gasteiger charge is 2.34. The molecule has 0 aliphatic rings. The second-order valence-corrected chi connectivity index (χ2v) is 16.0. The third-order valence-electron chi connectivity index (χ3n) is 11.7. The fraction of sp³-hybridized carbons (Fsp3) is 0.0926. The van der Waals surface area contributed by atoms with E-state index in [0.717, 1.165) is 71.9 Å². The summed E-state index contributed by atoms with van der Waals surface area (Å²) in [5.41, 5.74) is 13.5. The second kappa shape index (κ2) is 13.9. The Balaban J connectivity index is 1.32. The van der Waals surface area contributed by atoms with Gasteiger partial charge in [0, 0.05) is 27.1 Å². The highest BCUT2D eigenvalue weighted by atomic mass is 19.4. The Kier molecular flexibility index (Phi) is 8.55. The Labute approximate surface area is 345 Å². The Morgan fingerprint density at radius 3 is 1.33 bits per heavy atom. The lowest BCUT2D eigenvalue weighted by Gasteiger charge is -2.21. The van der Waals surface area contributed by atoms with Crippen LogP contribution in [-0.4, -0.2) is 9.13 Å². The van der Waals surface area contributed by atoms with Crippen LogP contribution >= 0.6 is 0 Å². The standard InChI is InChI=1S/C54H38F3N3/c1-32-21-33(2)24-38(23-32)36-17-19-50-45(27-36)42-12-6-9-15-48(42)59(50)52-29-40(31-58)44(41-11-5-8-14-47(41)54(55,56)57)30-53(52)60-49-16-10-7-13-43(49)46-28-37(18-20-51(46)60)39-25-34(3)22-35(4)26-39/h5-30H,1-4H3. The summed E-state index contributed by atoms with van der Waals surface area (Å²) < 4.78 is 48.6. The van der Waals surface area contributed by atoms with Crippen molar-refractivity contribution in [1.29, 1.82) is 5.26 Å². The van der Waals surface area contributed by atoms with Crippen molar-refractivity contribution in [2.75, 3.05) is 0 Å². The minimum absolute atomic E-state index is 0.0486. The number of hydrogen-bond donors (Lipinski definition) is 0. The highest BCUT2D eigenvalue weighted by Crippen LogP contribution is 2.44. The molecule has 0 atom stereocenters. The van der Waals surface area contributed by atoms with Crippen LogP contribution in [0.2, 0.25) is 0 Å². The van der Waals surface area contributed by atoms with E-state index in [2.05, 4.69) is 140 Å². The van der Waals surface area contributed by atoms with Gasteiger partial charge in [0.15, 0.2) is 0 Å². The number of nitrogens with zero attached hydrogens (tertiary/aromatic N) is 3. The van der Waals surface area contributed by atoms with E-state index in [-0.39, 0.29) is 16.7 Å². The molecule has 0 saturated carbocycles. The van der Waals surface area contributed by atoms with E-state index in [1.165, 1.54) is 34.4 Å². The molecule has 0 saturated heterocycles. The van der Waals surface area contributed by atoms with E-state index in [9.17, 15) is 18.4 Å². The highest BCUT2D eigenvalue weighted by molar-refractivity contribution is 6.13. The summed E-state index contributed by atoms with van der Waals surface area (Å²) in [4.78, 5) is 0. The lowest BCUT2D eigenvalue weighted by atomic mass is 9.94. The molecule has 0 aliphatic carbocycles. The van der Waals surface area contributed by atoms with Gasteiger partial charge in [-0.1, -0.05) is 125 Å². The number of halogens is 3. The minimum Gasteiger partial charge on any atom is -0.307 e. The molecule has 2 aromatic heterocycles. The first kappa shape index (κ1) is 36.9. The van der Waals surface area contributed by atoms with Crippen LogP contribution in [0.25, 0.3) is 88.4 Å². The largest absolute Gasteiger partial charge is 0.417 e. The smallest absolute Gasteiger partial charge is 0.307 e. The van der Waals surface area contributed by atoms with Gasteiger partial charge in [-0.05, 0) is 110 Å². The topological polar surface area (TPSA) is 33.6 Å². The molecule has 60 heavy (non-hydrogen) atoms. The summed E-state index contributed by atoms with van der Waals surface area (Å²) in [7, 11) is 0. The van der Waals surface area contributed by atoms with E-state index >= 15 is 0 Å². The molecule has 290 valence electrons. The molecule has 0 N–H and O–H groups in total. The number of fused-ring (bicyclic) bond motifs is 6. The van der Waals surface area contributed by atoms with Crippen molar-refractivity contribution < 1.29 is 13.2 Å². The van der Waals surface area contributed by atoms with Crippen molar-refractivity contribution in [1.82, 2.24) is 9.13 Å². The van der Waals surface area contributed by atoms with Crippen molar-refractivity contribution in [2.45, 2.75) is 33.9 Å². The van der Waals surface area contributed by atoms with E-state index in [0.29, 0.717) is 11.4 Å². The molecule has 10 aromatic rings. The number of alkyl halides is 3. The summed E-state index contributed by atoms with van der Waals surface area (Å²) in [6, 6.07) is 53.7. The van der Waals surface area contributed by atoms with E-state index in [1.807, 2.05) is 24.3 Å². The summed E-state index contributed by atoms with van der Waals surface area (Å²) in [5, 5.41) is 14.9. The Morgan fingerprint density at radius 1 is 0.417 bits per heavy atom. The van der Waals surface area contributed by atoms with Crippen molar-refractivity contribution >= 4 is 43.6 Å². The maximum Gasteiger partial charge on any atom is 0.417 e. The molecule has 6 heteroatoms. The lowest BCUT2D eigenvalue weighted by molar-refractivity contribution is -0.137. The lowest BCUT2D eigenvalue weighted by Crippen LogP contribution is -2.09. The predicted molar refractivity (Wildman–Crippen MR) is 240 cm³/mol. The fourth-order valence-corrected chi connectivity index (χ4v) is 9.32. The number of para-hydroxylation sites is 2. The zero-order valence-corrected chi connectivity index (χ0v) is 33.5. The summed E-state index contributed by atoms with van der Waals surface area (Å²) in [6.07, 6.45) is -4.64. The molecular weight excluding hydrogens is 748 g/mol. The van der Waals surface area contributed by atoms with Gasteiger partial charge in [-0.3, -0.25) is 0 Å². The van der Waals surface area contributed by atoms with Gasteiger partial charge in [0.2, 0.25) is 0 Å². The SMILES string of the molecule is Cc1cc(C)cc(-c2ccc3c(c2)c2ccccc2n3-c2cc(C#N)c(-c3ccccc3C(F)(F)F)cc2-n2c3ccccc3c3cc(-c4cc(C)cc(C)c4)ccc32)c1. The summed E-state index contributed by atoms with van der Waals surface area (Å²) >= 11 is 0. The third kappa shape index (κ3) is 6.05. The van der Waals surface area contributed by atoms with Crippen LogP contribution in [-0.2, 0) is 6.18 Å². The van der Waals surface area contributed by atoms with E-state index in [4.69, 9.17) is 0 Å². The van der Waals surface area contributed by atoms with Crippen LogP contribution in [0.1, 0.15) is 33.4 Å². The van der Waals surface area contributed by atoms with Crippen LogP contribution in [0, 0.1) is 39.0 Å². The van der Waals surface area contributed by atoms with Crippen LogP contribution in [0.3, 0.4) is 0 Å². The molecular formula is C54H38F3N3. The van der Waals surface area contributed by atoms with Crippen LogP contribution in [0.5, 0.6) is 0 Å². The Hall–Kier alpha value is -7.36. The molecule has 8 aromatic carbocycles. The monoisotopic (exact) mass is 785 g/mol. The summed E-state index contributed by atoms with van der Waals surface area (Å²) in [5.74, 6) is 0. The first-order valence-electron chi connectivity index (χ1n) is 20.0. The van der Waals surface area contributed by atoms with Crippen molar-refractivity contribution in [3.05, 3.63) is 191 Å². The van der Waals surface area contributed by atoms with Gasteiger partial charge in [-0.2, -0.15) is 18.4 Å². The fourth-order valence-electron chi connectivity index (χ4n) is 9.32. The number of aromatic nitrogens is 2. The molecule has 0 radical (unpaired) electrons. The second-order valence-electron chi connectivity index (χ2n) is 16.0. The van der Waals surface area contributed by atoms with E-state index in [1.54, 1.807) is 18.2 Å². The first-order chi connectivity index (χ1) is 29.0. The van der Waals surface area contributed by atoms with Crippen molar-refractivity contribution in [2.24, 2.45) is 0 Å². The van der Waals surface area contributed by atoms with Gasteiger partial charge in [0.1, 0.15) is 0 Å². The number of aryl methyl sites for hydroxylation is 4. The molecule has 2 heterocycles. The molecule has 3 nitrogen and oxygen atoms in total. The predicted octanol–water partition coefficient (Wildman–Crippen LogP) is 15.0. The molecule has 0 bridgehead atoms. The van der Waals surface area contributed by atoms with Gasteiger partial charge in [-0.25, -0.2) is 0 Å². The first-order valence-corrected chi connectivity index (χ1v) is 20.0. The number of benzene rings is 8. The zero-order chi connectivity index (χ0) is 41.4. The molecule has 0 amide bonds.